The Bertz CT molecular complexity index is 2160. The highest BCUT2D eigenvalue weighted by Gasteiger charge is 2.34. The molecule has 0 spiro atoms. The molecule has 1 saturated carbocycles. The molecule has 4 atom stereocenters. The Hall–Kier alpha value is -4.30. The molecule has 2 heterocycles. The molecule has 2 saturated heterocycles. The SMILES string of the molecule is CC1CN(C(=O)COc2ccc(Cl)cc2CNC2CC2)C(C)CN1Cc1ccc(F)cc1.CCN(CC)Cc1cc(Cl)ccc1OCC(=O)N1CC(C)N(Cc2ccc(F)cc2)CC1C. The minimum atomic E-state index is -0.225. The summed E-state index contributed by atoms with van der Waals surface area (Å²) in [4.78, 5) is 36.8. The average molecular weight is 936 g/mol. The largest absolute Gasteiger partial charge is 0.483 e. The molecule has 0 bridgehead atoms. The van der Waals surface area contributed by atoms with E-state index in [9.17, 15) is 18.4 Å². The van der Waals surface area contributed by atoms with Gasteiger partial charge in [-0.15, -0.1) is 0 Å². The van der Waals surface area contributed by atoms with Gasteiger partial charge in [-0.25, -0.2) is 8.78 Å². The zero-order valence-corrected chi connectivity index (χ0v) is 40.3. The normalized spacial score (nSPS) is 20.4. The number of hydrogen-bond donors (Lipinski definition) is 1. The van der Waals surface area contributed by atoms with Crippen LogP contribution in [0.4, 0.5) is 8.78 Å². The Kier molecular flexibility index (Phi) is 18.5. The number of amides is 2. The van der Waals surface area contributed by atoms with Crippen molar-refractivity contribution in [1.29, 1.82) is 0 Å². The van der Waals surface area contributed by atoms with Crippen LogP contribution in [0.3, 0.4) is 0 Å². The summed E-state index contributed by atoms with van der Waals surface area (Å²) in [5, 5.41) is 4.80. The lowest BCUT2D eigenvalue weighted by Crippen LogP contribution is -2.58. The molecule has 1 aliphatic carbocycles. The van der Waals surface area contributed by atoms with Gasteiger partial charge in [0.15, 0.2) is 13.2 Å². The standard InChI is InChI=1S/C26H35ClFN3O2.C25H31ClFN3O2/c1-5-29(6-2)17-22-13-23(27)9-12-25(22)33-18-26(32)31-15-19(3)30(14-20(31)4)16-21-7-10-24(28)11-8-21;1-17-14-30(18(2)13-29(17)15-19-3-6-22(27)7-4-19)25(31)16-32-24-10-5-21(26)11-20(24)12-28-23-8-9-23/h7-13,19-20H,5-6,14-18H2,1-4H3;3-7,10-11,17-18,23,28H,8-9,12-16H2,1-2H3. The second-order valence-corrected chi connectivity index (χ2v) is 18.7. The van der Waals surface area contributed by atoms with Gasteiger partial charge in [0.2, 0.25) is 0 Å². The van der Waals surface area contributed by atoms with Crippen LogP contribution in [0.5, 0.6) is 11.5 Å². The fourth-order valence-electron chi connectivity index (χ4n) is 8.49. The van der Waals surface area contributed by atoms with E-state index in [0.29, 0.717) is 47.2 Å². The molecule has 7 rings (SSSR count). The van der Waals surface area contributed by atoms with Gasteiger partial charge in [-0.05, 0) is 125 Å². The van der Waals surface area contributed by atoms with Crippen molar-refractivity contribution >= 4 is 35.0 Å². The predicted octanol–water partition coefficient (Wildman–Crippen LogP) is 9.05. The summed E-state index contributed by atoms with van der Waals surface area (Å²) in [6.45, 7) is 20.2. The zero-order valence-electron chi connectivity index (χ0n) is 38.8. The first kappa shape index (κ1) is 50.1. The fourth-order valence-corrected chi connectivity index (χ4v) is 8.88. The van der Waals surface area contributed by atoms with E-state index in [0.717, 1.165) is 68.1 Å². The summed E-state index contributed by atoms with van der Waals surface area (Å²) in [5.74, 6) is 0.928. The Morgan fingerprint density at radius 3 is 1.49 bits per heavy atom. The maximum absolute atomic E-state index is 13.2. The van der Waals surface area contributed by atoms with Gasteiger partial charge >= 0.3 is 0 Å². The summed E-state index contributed by atoms with van der Waals surface area (Å²) in [5.41, 5.74) is 4.11. The number of carbonyl (C=O) groups excluding carboxylic acids is 2. The summed E-state index contributed by atoms with van der Waals surface area (Å²) >= 11 is 12.4. The maximum atomic E-state index is 13.2. The third kappa shape index (κ3) is 14.8. The zero-order chi connectivity index (χ0) is 46.6. The molecule has 4 aromatic rings. The highest BCUT2D eigenvalue weighted by atomic mass is 35.5. The molecule has 2 aliphatic heterocycles. The van der Waals surface area contributed by atoms with Gasteiger partial charge < -0.3 is 24.6 Å². The first-order chi connectivity index (χ1) is 31.2. The van der Waals surface area contributed by atoms with Crippen LogP contribution in [0, 0.1) is 11.6 Å². The number of nitrogens with zero attached hydrogens (tertiary/aromatic N) is 5. The first-order valence-electron chi connectivity index (χ1n) is 23.0. The van der Waals surface area contributed by atoms with E-state index in [2.05, 4.69) is 61.6 Å². The Labute approximate surface area is 394 Å². The summed E-state index contributed by atoms with van der Waals surface area (Å²) < 4.78 is 38.3. The van der Waals surface area contributed by atoms with Crippen molar-refractivity contribution in [3.63, 3.8) is 0 Å². The topological polar surface area (TPSA) is 80.8 Å². The maximum Gasteiger partial charge on any atom is 0.260 e. The van der Waals surface area contributed by atoms with Crippen molar-refractivity contribution in [2.45, 2.75) is 111 Å². The number of piperazine rings is 2. The molecule has 3 fully saturated rings. The highest BCUT2D eigenvalue weighted by Crippen LogP contribution is 2.28. The van der Waals surface area contributed by atoms with E-state index >= 15 is 0 Å². The molecular formula is C51H66Cl2F2N6O4. The molecule has 0 aromatic heterocycles. The number of nitrogens with one attached hydrogen (secondary N) is 1. The molecule has 4 aromatic carbocycles. The van der Waals surface area contributed by atoms with Gasteiger partial charge in [-0.3, -0.25) is 24.3 Å². The first-order valence-corrected chi connectivity index (χ1v) is 23.8. The van der Waals surface area contributed by atoms with Crippen LogP contribution >= 0.6 is 23.2 Å². The van der Waals surface area contributed by atoms with Crippen molar-refractivity contribution in [2.75, 3.05) is 52.5 Å². The molecule has 4 unspecified atom stereocenters. The summed E-state index contributed by atoms with van der Waals surface area (Å²) in [6.07, 6.45) is 2.41. The van der Waals surface area contributed by atoms with Gasteiger partial charge in [0.1, 0.15) is 23.1 Å². The van der Waals surface area contributed by atoms with Crippen LogP contribution < -0.4 is 14.8 Å². The summed E-state index contributed by atoms with van der Waals surface area (Å²) in [6, 6.07) is 25.5. The molecule has 352 valence electrons. The molecule has 0 radical (unpaired) electrons. The van der Waals surface area contributed by atoms with Crippen LogP contribution in [-0.4, -0.2) is 119 Å². The van der Waals surface area contributed by atoms with Crippen molar-refractivity contribution in [1.82, 2.24) is 29.8 Å². The van der Waals surface area contributed by atoms with Gasteiger partial charge in [0.25, 0.3) is 11.8 Å². The van der Waals surface area contributed by atoms with Crippen LogP contribution in [0.2, 0.25) is 10.0 Å². The quantitative estimate of drug-likeness (QED) is 0.113. The van der Waals surface area contributed by atoms with E-state index in [1.165, 1.54) is 37.1 Å². The molecule has 14 heteroatoms. The third-order valence-electron chi connectivity index (χ3n) is 12.7. The van der Waals surface area contributed by atoms with Gasteiger partial charge in [0.05, 0.1) is 0 Å². The molecule has 2 amide bonds. The average Bonchev–Trinajstić information content (AvgIpc) is 4.13. The molecule has 1 N–H and O–H groups in total. The number of rotatable bonds is 17. The Balaban J connectivity index is 0.000000215. The number of halogens is 4. The van der Waals surface area contributed by atoms with E-state index in [1.807, 2.05) is 58.3 Å². The number of ether oxygens (including phenoxy) is 2. The molecule has 3 aliphatic rings. The fraction of sp³-hybridized carbons (Fsp3) is 0.490. The van der Waals surface area contributed by atoms with Gasteiger partial charge in [-0.2, -0.15) is 0 Å². The van der Waals surface area contributed by atoms with Gasteiger partial charge in [0, 0.05) is 104 Å². The van der Waals surface area contributed by atoms with Crippen molar-refractivity contribution in [2.24, 2.45) is 0 Å². The number of hydrogen-bond acceptors (Lipinski definition) is 8. The highest BCUT2D eigenvalue weighted by molar-refractivity contribution is 6.31. The lowest BCUT2D eigenvalue weighted by atomic mass is 10.1. The third-order valence-corrected chi connectivity index (χ3v) is 13.1. The van der Waals surface area contributed by atoms with E-state index in [1.54, 1.807) is 12.1 Å². The molecule has 65 heavy (non-hydrogen) atoms. The van der Waals surface area contributed by atoms with E-state index < -0.39 is 0 Å². The molecular weight excluding hydrogens is 870 g/mol. The van der Waals surface area contributed by atoms with Gasteiger partial charge in [-0.1, -0.05) is 61.3 Å². The van der Waals surface area contributed by atoms with Crippen LogP contribution in [-0.2, 0) is 35.8 Å². The second kappa shape index (κ2) is 23.9. The van der Waals surface area contributed by atoms with Crippen LogP contribution in [0.1, 0.15) is 76.6 Å². The summed E-state index contributed by atoms with van der Waals surface area (Å²) in [7, 11) is 0. The van der Waals surface area contributed by atoms with Crippen molar-refractivity contribution in [3.8, 4) is 11.5 Å². The number of carbonyl (C=O) groups is 2. The van der Waals surface area contributed by atoms with Crippen molar-refractivity contribution < 1.29 is 27.8 Å². The van der Waals surface area contributed by atoms with Crippen molar-refractivity contribution in [3.05, 3.63) is 129 Å². The minimum absolute atomic E-state index is 0.00189. The smallest absolute Gasteiger partial charge is 0.260 e. The monoisotopic (exact) mass is 934 g/mol. The predicted molar refractivity (Wildman–Crippen MR) is 255 cm³/mol. The van der Waals surface area contributed by atoms with E-state index in [4.69, 9.17) is 32.7 Å². The Morgan fingerprint density at radius 1 is 0.631 bits per heavy atom. The lowest BCUT2D eigenvalue weighted by Gasteiger charge is -2.44. The molecule has 10 nitrogen and oxygen atoms in total. The van der Waals surface area contributed by atoms with E-state index in [-0.39, 0.29) is 60.8 Å². The van der Waals surface area contributed by atoms with Crippen LogP contribution in [0.25, 0.3) is 0 Å². The minimum Gasteiger partial charge on any atom is -0.483 e. The Morgan fingerprint density at radius 2 is 1.06 bits per heavy atom. The van der Waals surface area contributed by atoms with Crippen LogP contribution in [0.15, 0.2) is 84.9 Å². The number of benzene rings is 4. The second-order valence-electron chi connectivity index (χ2n) is 17.8. The lowest BCUT2D eigenvalue weighted by molar-refractivity contribution is -0.140.